The van der Waals surface area contributed by atoms with Gasteiger partial charge in [-0.25, -0.2) is 0 Å². The predicted octanol–water partition coefficient (Wildman–Crippen LogP) is 1.06. The fraction of sp³-hybridized carbons (Fsp3) is 0.583. The highest BCUT2D eigenvalue weighted by molar-refractivity contribution is 6.00. The molecule has 0 bridgehead atoms. The largest absolute Gasteiger partial charge is 0.481 e. The molecule has 0 aromatic carbocycles. The first-order chi connectivity index (χ1) is 8.28. The number of carboxylic acids is 2. The lowest BCUT2D eigenvalue weighted by Gasteiger charge is -2.35. The Bertz CT molecular complexity index is 413. The molecule has 0 radical (unpaired) electrons. The third-order valence-corrected chi connectivity index (χ3v) is 3.19. The molecular weight excluding hydrogens is 240 g/mol. The van der Waals surface area contributed by atoms with Crippen LogP contribution in [0.1, 0.15) is 26.7 Å². The summed E-state index contributed by atoms with van der Waals surface area (Å²) < 4.78 is 4.77. The van der Waals surface area contributed by atoms with Crippen LogP contribution in [0.2, 0.25) is 0 Å². The van der Waals surface area contributed by atoms with Gasteiger partial charge in [-0.05, 0) is 26.7 Å². The average Bonchev–Trinajstić information content (AvgIpc) is 2.28. The van der Waals surface area contributed by atoms with Crippen molar-refractivity contribution in [2.24, 2.45) is 10.8 Å². The van der Waals surface area contributed by atoms with Crippen molar-refractivity contribution >= 4 is 17.9 Å². The summed E-state index contributed by atoms with van der Waals surface area (Å²) >= 11 is 0. The molecule has 0 amide bonds. The van der Waals surface area contributed by atoms with Crippen LogP contribution in [0.3, 0.4) is 0 Å². The van der Waals surface area contributed by atoms with Gasteiger partial charge in [0.1, 0.15) is 0 Å². The van der Waals surface area contributed by atoms with Gasteiger partial charge < -0.3 is 14.9 Å². The number of hydrogen-bond donors (Lipinski definition) is 2. The molecule has 0 heterocycles. The molecule has 18 heavy (non-hydrogen) atoms. The normalized spacial score (nSPS) is 30.8. The maximum Gasteiger partial charge on any atom is 0.323 e. The zero-order chi connectivity index (χ0) is 14.0. The minimum atomic E-state index is -1.81. The highest BCUT2D eigenvalue weighted by Gasteiger charge is 2.54. The summed E-state index contributed by atoms with van der Waals surface area (Å²) in [6.45, 7) is 3.02. The lowest BCUT2D eigenvalue weighted by atomic mass is 9.66. The van der Waals surface area contributed by atoms with E-state index in [9.17, 15) is 19.5 Å². The molecule has 0 aromatic rings. The van der Waals surface area contributed by atoms with Crippen LogP contribution in [0.4, 0.5) is 0 Å². The van der Waals surface area contributed by atoms with Gasteiger partial charge in [-0.1, -0.05) is 12.2 Å². The lowest BCUT2D eigenvalue weighted by Crippen LogP contribution is -2.47. The van der Waals surface area contributed by atoms with Crippen LogP contribution in [0.15, 0.2) is 12.2 Å². The van der Waals surface area contributed by atoms with E-state index in [1.807, 2.05) is 0 Å². The van der Waals surface area contributed by atoms with E-state index >= 15 is 0 Å². The van der Waals surface area contributed by atoms with Crippen LogP contribution in [-0.2, 0) is 19.1 Å². The van der Waals surface area contributed by atoms with Gasteiger partial charge >= 0.3 is 17.9 Å². The molecule has 2 unspecified atom stereocenters. The molecule has 1 aliphatic carbocycles. The second-order valence-electron chi connectivity index (χ2n) is 4.61. The van der Waals surface area contributed by atoms with Crippen molar-refractivity contribution in [3.63, 3.8) is 0 Å². The van der Waals surface area contributed by atoms with Gasteiger partial charge in [0.25, 0.3) is 0 Å². The highest BCUT2D eigenvalue weighted by Crippen LogP contribution is 2.43. The number of allylic oxidation sites excluding steroid dienone is 1. The van der Waals surface area contributed by atoms with Crippen LogP contribution < -0.4 is 0 Å². The highest BCUT2D eigenvalue weighted by atomic mass is 16.5. The number of esters is 1. The topological polar surface area (TPSA) is 101 Å². The summed E-state index contributed by atoms with van der Waals surface area (Å²) in [4.78, 5) is 34.4. The molecule has 0 saturated carbocycles. The summed E-state index contributed by atoms with van der Waals surface area (Å²) in [5, 5.41) is 18.4. The van der Waals surface area contributed by atoms with E-state index in [4.69, 9.17) is 9.84 Å². The SMILES string of the molecule is CCOC(=O)C1(C(=O)O)CC=CC(C)(C(=O)O)C1. The van der Waals surface area contributed by atoms with Gasteiger partial charge in [0, 0.05) is 0 Å². The predicted molar refractivity (Wildman–Crippen MR) is 60.8 cm³/mol. The number of rotatable bonds is 4. The summed E-state index contributed by atoms with van der Waals surface area (Å²) in [6, 6.07) is 0. The van der Waals surface area contributed by atoms with Gasteiger partial charge in [0.05, 0.1) is 12.0 Å². The molecular formula is C12H16O6. The number of carbonyl (C=O) groups is 3. The van der Waals surface area contributed by atoms with E-state index in [0.717, 1.165) is 0 Å². The Labute approximate surface area is 104 Å². The molecule has 0 aromatic heterocycles. The maximum atomic E-state index is 11.8. The fourth-order valence-electron chi connectivity index (χ4n) is 2.10. The van der Waals surface area contributed by atoms with Crippen molar-refractivity contribution in [1.29, 1.82) is 0 Å². The molecule has 0 fully saturated rings. The summed E-state index contributed by atoms with van der Waals surface area (Å²) in [6.07, 6.45) is 2.49. The minimum absolute atomic E-state index is 0.0516. The van der Waals surface area contributed by atoms with Crippen molar-refractivity contribution in [3.05, 3.63) is 12.2 Å². The number of carboxylic acid groups (broad SMARTS) is 2. The Kier molecular flexibility index (Phi) is 3.79. The second-order valence-corrected chi connectivity index (χ2v) is 4.61. The molecule has 1 aliphatic rings. The zero-order valence-corrected chi connectivity index (χ0v) is 10.3. The van der Waals surface area contributed by atoms with Gasteiger partial charge in [-0.2, -0.15) is 0 Å². The van der Waals surface area contributed by atoms with Crippen LogP contribution in [0.25, 0.3) is 0 Å². The van der Waals surface area contributed by atoms with Crippen molar-refractivity contribution in [2.45, 2.75) is 26.7 Å². The van der Waals surface area contributed by atoms with Gasteiger partial charge in [-0.15, -0.1) is 0 Å². The summed E-state index contributed by atoms with van der Waals surface area (Å²) in [7, 11) is 0. The van der Waals surface area contributed by atoms with E-state index in [2.05, 4.69) is 0 Å². The van der Waals surface area contributed by atoms with Crippen LogP contribution >= 0.6 is 0 Å². The van der Waals surface area contributed by atoms with Gasteiger partial charge in [0.2, 0.25) is 0 Å². The molecule has 0 saturated heterocycles. The van der Waals surface area contributed by atoms with Crippen LogP contribution in [0, 0.1) is 10.8 Å². The third kappa shape index (κ3) is 2.23. The average molecular weight is 256 g/mol. The quantitative estimate of drug-likeness (QED) is 0.443. The molecule has 1 rings (SSSR count). The summed E-state index contributed by atoms with van der Waals surface area (Å²) in [5.74, 6) is -3.39. The molecule has 2 N–H and O–H groups in total. The Morgan fingerprint density at radius 1 is 1.28 bits per heavy atom. The van der Waals surface area contributed by atoms with Crippen molar-refractivity contribution in [3.8, 4) is 0 Å². The van der Waals surface area contributed by atoms with Crippen molar-refractivity contribution in [2.75, 3.05) is 6.61 Å². The number of ether oxygens (including phenoxy) is 1. The van der Waals surface area contributed by atoms with Crippen molar-refractivity contribution < 1.29 is 29.3 Å². The number of aliphatic carboxylic acids is 2. The van der Waals surface area contributed by atoms with E-state index in [0.29, 0.717) is 0 Å². The third-order valence-electron chi connectivity index (χ3n) is 3.19. The fourth-order valence-corrected chi connectivity index (χ4v) is 2.10. The first kappa shape index (κ1) is 14.2. The second kappa shape index (κ2) is 4.80. The Hall–Kier alpha value is -1.85. The van der Waals surface area contributed by atoms with E-state index in [-0.39, 0.29) is 19.4 Å². The smallest absolute Gasteiger partial charge is 0.323 e. The summed E-state index contributed by atoms with van der Waals surface area (Å²) in [5.41, 5.74) is -3.18. The monoisotopic (exact) mass is 256 g/mol. The first-order valence-electron chi connectivity index (χ1n) is 5.60. The number of carbonyl (C=O) groups excluding carboxylic acids is 1. The number of hydrogen-bond acceptors (Lipinski definition) is 4. The van der Waals surface area contributed by atoms with E-state index in [1.165, 1.54) is 19.1 Å². The van der Waals surface area contributed by atoms with Crippen LogP contribution in [0.5, 0.6) is 0 Å². The van der Waals surface area contributed by atoms with Gasteiger partial charge in [0.15, 0.2) is 5.41 Å². The van der Waals surface area contributed by atoms with Crippen molar-refractivity contribution in [1.82, 2.24) is 0 Å². The Morgan fingerprint density at radius 2 is 1.89 bits per heavy atom. The van der Waals surface area contributed by atoms with Gasteiger partial charge in [-0.3, -0.25) is 14.4 Å². The zero-order valence-electron chi connectivity index (χ0n) is 10.3. The van der Waals surface area contributed by atoms with Crippen LogP contribution in [-0.4, -0.2) is 34.7 Å². The minimum Gasteiger partial charge on any atom is -0.481 e. The Morgan fingerprint density at radius 3 is 2.33 bits per heavy atom. The maximum absolute atomic E-state index is 11.8. The molecule has 0 aliphatic heterocycles. The molecule has 0 spiro atoms. The standard InChI is InChI=1S/C12H16O6/c1-3-18-10(17)12(9(15)16)6-4-5-11(2,7-12)8(13)14/h4-5H,3,6-7H2,1-2H3,(H,13,14)(H,15,16). The molecule has 2 atom stereocenters. The van der Waals surface area contributed by atoms with E-state index < -0.39 is 28.7 Å². The first-order valence-corrected chi connectivity index (χ1v) is 5.60. The lowest BCUT2D eigenvalue weighted by molar-refractivity contribution is -0.172. The van der Waals surface area contributed by atoms with E-state index in [1.54, 1.807) is 6.92 Å². The molecule has 100 valence electrons. The molecule has 6 nitrogen and oxygen atoms in total. The Balaban J connectivity index is 3.17. The molecule has 6 heteroatoms.